The molecule has 1 aromatic carbocycles. The first kappa shape index (κ1) is 18.8. The van der Waals surface area contributed by atoms with E-state index in [-0.39, 0.29) is 5.54 Å². The Morgan fingerprint density at radius 3 is 2.25 bits per heavy atom. The zero-order valence-electron chi connectivity index (χ0n) is 16.1. The minimum atomic E-state index is -0.627. The third-order valence-electron chi connectivity index (χ3n) is 6.42. The molecule has 0 saturated heterocycles. The van der Waals surface area contributed by atoms with Crippen LogP contribution in [0.1, 0.15) is 48.9 Å². The highest BCUT2D eigenvalue weighted by Crippen LogP contribution is 2.55. The fourth-order valence-electron chi connectivity index (χ4n) is 5.79. The lowest BCUT2D eigenvalue weighted by Gasteiger charge is -2.56. The van der Waals surface area contributed by atoms with Gasteiger partial charge in [0.25, 0.3) is 5.91 Å². The average Bonchev–Trinajstić information content (AvgIpc) is 2.64. The Hall–Kier alpha value is -2.57. The van der Waals surface area contributed by atoms with E-state index in [1.807, 2.05) is 0 Å². The Morgan fingerprint density at radius 2 is 1.64 bits per heavy atom. The first-order chi connectivity index (χ1) is 13.5. The third kappa shape index (κ3) is 3.84. The van der Waals surface area contributed by atoms with Crippen molar-refractivity contribution < 1.29 is 19.1 Å². The molecule has 4 bridgehead atoms. The van der Waals surface area contributed by atoms with Gasteiger partial charge in [0, 0.05) is 18.3 Å². The Labute approximate surface area is 164 Å². The number of amides is 3. The van der Waals surface area contributed by atoms with Gasteiger partial charge in [0.15, 0.2) is 6.61 Å². The topological polar surface area (TPSA) is 96.5 Å². The molecule has 0 unspecified atom stereocenters. The van der Waals surface area contributed by atoms with Crippen molar-refractivity contribution in [2.45, 2.75) is 44.1 Å². The molecule has 7 heteroatoms. The predicted molar refractivity (Wildman–Crippen MR) is 104 cm³/mol. The van der Waals surface area contributed by atoms with Crippen molar-refractivity contribution in [1.82, 2.24) is 10.6 Å². The van der Waals surface area contributed by atoms with Crippen LogP contribution in [0, 0.1) is 17.8 Å². The van der Waals surface area contributed by atoms with Crippen LogP contribution in [0.3, 0.4) is 0 Å². The number of anilines is 1. The Kier molecular flexibility index (Phi) is 5.00. The molecule has 7 nitrogen and oxygen atoms in total. The molecular formula is C21H27N3O4. The van der Waals surface area contributed by atoms with E-state index < -0.39 is 24.5 Å². The summed E-state index contributed by atoms with van der Waals surface area (Å²) in [5.41, 5.74) is 0.796. The monoisotopic (exact) mass is 385 g/mol. The molecule has 1 aromatic rings. The van der Waals surface area contributed by atoms with Crippen LogP contribution < -0.4 is 16.0 Å². The highest BCUT2D eigenvalue weighted by molar-refractivity contribution is 5.99. The summed E-state index contributed by atoms with van der Waals surface area (Å²) >= 11 is 0. The summed E-state index contributed by atoms with van der Waals surface area (Å²) in [4.78, 5) is 36.6. The first-order valence-corrected chi connectivity index (χ1v) is 10.0. The number of benzene rings is 1. The van der Waals surface area contributed by atoms with Crippen LogP contribution in [-0.2, 0) is 9.53 Å². The van der Waals surface area contributed by atoms with Gasteiger partial charge in [-0.05, 0) is 68.4 Å². The van der Waals surface area contributed by atoms with E-state index in [2.05, 4.69) is 16.0 Å². The van der Waals surface area contributed by atoms with Crippen molar-refractivity contribution in [3.63, 3.8) is 0 Å². The smallest absolute Gasteiger partial charge is 0.340 e. The number of esters is 1. The molecule has 0 spiro atoms. The fourth-order valence-corrected chi connectivity index (χ4v) is 5.79. The number of imide groups is 1. The van der Waals surface area contributed by atoms with Crippen LogP contribution >= 0.6 is 0 Å². The van der Waals surface area contributed by atoms with Gasteiger partial charge in [-0.15, -0.1) is 0 Å². The minimum absolute atomic E-state index is 0.165. The zero-order valence-corrected chi connectivity index (χ0v) is 16.1. The zero-order chi connectivity index (χ0) is 19.7. The molecule has 4 aliphatic rings. The van der Waals surface area contributed by atoms with Gasteiger partial charge in [-0.2, -0.15) is 0 Å². The van der Waals surface area contributed by atoms with Gasteiger partial charge >= 0.3 is 12.0 Å². The standard InChI is InChI=1S/C21H27N3O4/c1-22-17-5-3-2-4-16(17)19(26)28-12-18(25)23-20(27)24-21-9-13-6-14(10-21)8-15(7-13)11-21/h2-5,13-15,22H,6-12H2,1H3,(H2,23,24,25,27). The van der Waals surface area contributed by atoms with Gasteiger partial charge in [0.05, 0.1) is 5.56 Å². The second kappa shape index (κ2) is 7.45. The number of carbonyl (C=O) groups excluding carboxylic acids is 3. The Balaban J connectivity index is 1.27. The molecular weight excluding hydrogens is 358 g/mol. The van der Waals surface area contributed by atoms with E-state index in [1.54, 1.807) is 31.3 Å². The van der Waals surface area contributed by atoms with Crippen LogP contribution in [0.25, 0.3) is 0 Å². The van der Waals surface area contributed by atoms with Crippen LogP contribution in [-0.4, -0.2) is 37.1 Å². The summed E-state index contributed by atoms with van der Waals surface area (Å²) in [7, 11) is 1.70. The summed E-state index contributed by atoms with van der Waals surface area (Å²) < 4.78 is 5.06. The number of para-hydroxylation sites is 1. The maximum absolute atomic E-state index is 12.4. The van der Waals surface area contributed by atoms with Crippen LogP contribution in [0.4, 0.5) is 10.5 Å². The van der Waals surface area contributed by atoms with E-state index in [0.717, 1.165) is 19.3 Å². The van der Waals surface area contributed by atoms with Crippen molar-refractivity contribution in [3.8, 4) is 0 Å². The van der Waals surface area contributed by atoms with Crippen LogP contribution in [0.5, 0.6) is 0 Å². The third-order valence-corrected chi connectivity index (χ3v) is 6.42. The molecule has 0 heterocycles. The lowest BCUT2D eigenvalue weighted by molar-refractivity contribution is -0.123. The lowest BCUT2D eigenvalue weighted by Crippen LogP contribution is -2.62. The van der Waals surface area contributed by atoms with Crippen molar-refractivity contribution >= 4 is 23.6 Å². The number of hydrogen-bond acceptors (Lipinski definition) is 5. The van der Waals surface area contributed by atoms with Crippen molar-refractivity contribution in [2.24, 2.45) is 17.8 Å². The second-order valence-corrected chi connectivity index (χ2v) is 8.57. The largest absolute Gasteiger partial charge is 0.452 e. The van der Waals surface area contributed by atoms with E-state index in [4.69, 9.17) is 4.74 Å². The molecule has 3 amide bonds. The first-order valence-electron chi connectivity index (χ1n) is 10.0. The normalized spacial score (nSPS) is 29.8. The number of rotatable bonds is 5. The molecule has 0 radical (unpaired) electrons. The number of hydrogen-bond donors (Lipinski definition) is 3. The van der Waals surface area contributed by atoms with E-state index in [9.17, 15) is 14.4 Å². The van der Waals surface area contributed by atoms with Crippen LogP contribution in [0.2, 0.25) is 0 Å². The van der Waals surface area contributed by atoms with E-state index >= 15 is 0 Å². The average molecular weight is 385 g/mol. The second-order valence-electron chi connectivity index (χ2n) is 8.57. The predicted octanol–water partition coefficient (Wildman–Crippen LogP) is 2.68. The quantitative estimate of drug-likeness (QED) is 0.677. The number of ether oxygens (including phenoxy) is 1. The molecule has 3 N–H and O–H groups in total. The van der Waals surface area contributed by atoms with Gasteiger partial charge in [0.2, 0.25) is 0 Å². The number of carbonyl (C=O) groups is 3. The van der Waals surface area contributed by atoms with Gasteiger partial charge in [-0.3, -0.25) is 10.1 Å². The summed E-state index contributed by atoms with van der Waals surface area (Å²) in [5.74, 6) is 0.875. The van der Waals surface area contributed by atoms with Gasteiger partial charge in [0.1, 0.15) is 0 Å². The molecule has 4 fully saturated rings. The molecule has 0 aliphatic heterocycles. The molecule has 150 valence electrons. The summed E-state index contributed by atoms with van der Waals surface area (Å²) in [6, 6.07) is 6.39. The Bertz CT molecular complexity index is 756. The highest BCUT2D eigenvalue weighted by Gasteiger charge is 2.51. The molecule has 4 aliphatic carbocycles. The van der Waals surface area contributed by atoms with Gasteiger partial charge in [-0.1, -0.05) is 12.1 Å². The van der Waals surface area contributed by atoms with Gasteiger partial charge < -0.3 is 15.4 Å². The van der Waals surface area contributed by atoms with E-state index in [1.165, 1.54) is 19.3 Å². The fraction of sp³-hybridized carbons (Fsp3) is 0.571. The maximum Gasteiger partial charge on any atom is 0.340 e. The summed E-state index contributed by atoms with van der Waals surface area (Å²) in [6.45, 7) is -0.495. The van der Waals surface area contributed by atoms with Crippen LogP contribution in [0.15, 0.2) is 24.3 Å². The SMILES string of the molecule is CNc1ccccc1C(=O)OCC(=O)NC(=O)NC12CC3CC(CC(C3)C1)C2. The maximum atomic E-state index is 12.4. The van der Waals surface area contributed by atoms with Gasteiger partial charge in [-0.25, -0.2) is 9.59 Å². The van der Waals surface area contributed by atoms with Crippen molar-refractivity contribution in [2.75, 3.05) is 19.0 Å². The summed E-state index contributed by atoms with van der Waals surface area (Å²) in [5, 5.41) is 8.28. The highest BCUT2D eigenvalue weighted by atomic mass is 16.5. The number of nitrogens with one attached hydrogen (secondary N) is 3. The molecule has 0 aromatic heterocycles. The molecule has 28 heavy (non-hydrogen) atoms. The molecule has 4 saturated carbocycles. The number of urea groups is 1. The Morgan fingerprint density at radius 1 is 1.04 bits per heavy atom. The van der Waals surface area contributed by atoms with Crippen molar-refractivity contribution in [3.05, 3.63) is 29.8 Å². The minimum Gasteiger partial charge on any atom is -0.452 e. The molecule has 5 rings (SSSR count). The van der Waals surface area contributed by atoms with Crippen molar-refractivity contribution in [1.29, 1.82) is 0 Å². The lowest BCUT2D eigenvalue weighted by atomic mass is 9.53. The molecule has 0 atom stereocenters. The summed E-state index contributed by atoms with van der Waals surface area (Å²) in [6.07, 6.45) is 6.88. The van der Waals surface area contributed by atoms with E-state index in [0.29, 0.717) is 29.0 Å².